The molecule has 1 saturated carbocycles. The van der Waals surface area contributed by atoms with Gasteiger partial charge in [-0.1, -0.05) is 110 Å². The van der Waals surface area contributed by atoms with Crippen LogP contribution >= 0.6 is 12.6 Å². The van der Waals surface area contributed by atoms with Crippen molar-refractivity contribution in [3.05, 3.63) is 157 Å². The Kier molecular flexibility index (Phi) is 11.7. The zero-order valence-electron chi connectivity index (χ0n) is 34.2. The van der Waals surface area contributed by atoms with Gasteiger partial charge >= 0.3 is 0 Å². The van der Waals surface area contributed by atoms with Crippen LogP contribution < -0.4 is 5.32 Å². The van der Waals surface area contributed by atoms with Crippen LogP contribution in [-0.2, 0) is 0 Å². The summed E-state index contributed by atoms with van der Waals surface area (Å²) in [5.41, 5.74) is 10.1. The second kappa shape index (κ2) is 17.9. The minimum Gasteiger partial charge on any atom is -0.382 e. The van der Waals surface area contributed by atoms with Crippen molar-refractivity contribution in [2.24, 2.45) is 36.6 Å². The number of allylic oxidation sites excluding steroid dienone is 4. The van der Waals surface area contributed by atoms with E-state index in [-0.39, 0.29) is 0 Å². The van der Waals surface area contributed by atoms with Crippen molar-refractivity contribution < 1.29 is 0 Å². The Morgan fingerprint density at radius 1 is 0.517 bits per heavy atom. The molecule has 0 spiro atoms. The van der Waals surface area contributed by atoms with Crippen LogP contribution in [0.4, 0.5) is 39.8 Å². The lowest BCUT2D eigenvalue weighted by Gasteiger charge is -2.29. The van der Waals surface area contributed by atoms with Gasteiger partial charge in [-0.05, 0) is 117 Å². The molecule has 7 nitrogen and oxygen atoms in total. The maximum absolute atomic E-state index is 4.78. The van der Waals surface area contributed by atoms with E-state index in [1.807, 2.05) is 60.7 Å². The van der Waals surface area contributed by atoms with E-state index >= 15 is 0 Å². The Morgan fingerprint density at radius 2 is 0.967 bits per heavy atom. The van der Waals surface area contributed by atoms with Crippen molar-refractivity contribution in [1.29, 1.82) is 0 Å². The SMILES string of the molecule is CCC(C)Nc1ccc(N=Nc2ccc(N=Nc3ccc(N=Nc4ccc(C5=CC=C(C6CCC(S)CC6)CC5)cc4)c4ccccc34)c3ccccc23)c2ccccc12. The molecule has 0 heterocycles. The lowest BCUT2D eigenvalue weighted by atomic mass is 9.79. The molecule has 2 aliphatic rings. The monoisotopic (exact) mass is 803 g/mol. The van der Waals surface area contributed by atoms with E-state index in [4.69, 9.17) is 25.6 Å². The predicted molar refractivity (Wildman–Crippen MR) is 254 cm³/mol. The number of azo groups is 3. The zero-order chi connectivity index (χ0) is 40.8. The van der Waals surface area contributed by atoms with Gasteiger partial charge in [0.05, 0.1) is 34.1 Å². The van der Waals surface area contributed by atoms with Crippen LogP contribution in [0.5, 0.6) is 0 Å². The molecule has 1 atom stereocenters. The molecule has 1 fully saturated rings. The predicted octanol–water partition coefficient (Wildman–Crippen LogP) is 17.2. The Labute approximate surface area is 357 Å². The van der Waals surface area contributed by atoms with Crippen molar-refractivity contribution in [3.8, 4) is 0 Å². The van der Waals surface area contributed by atoms with E-state index in [1.165, 1.54) is 36.8 Å². The van der Waals surface area contributed by atoms with Crippen molar-refractivity contribution in [3.63, 3.8) is 0 Å². The fourth-order valence-electron chi connectivity index (χ4n) is 8.50. The molecule has 0 bridgehead atoms. The van der Waals surface area contributed by atoms with Crippen LogP contribution in [0.3, 0.4) is 0 Å². The second-order valence-corrected chi connectivity index (χ2v) is 16.7. The summed E-state index contributed by atoms with van der Waals surface area (Å²) in [6.45, 7) is 4.38. The third-order valence-corrected chi connectivity index (χ3v) is 12.6. The van der Waals surface area contributed by atoms with Crippen LogP contribution in [0, 0.1) is 5.92 Å². The summed E-state index contributed by atoms with van der Waals surface area (Å²) in [5, 5.41) is 38.6. The highest BCUT2D eigenvalue weighted by Gasteiger charge is 2.23. The first-order valence-electron chi connectivity index (χ1n) is 21.3. The van der Waals surface area contributed by atoms with E-state index in [0.717, 1.165) is 97.3 Å². The summed E-state index contributed by atoms with van der Waals surface area (Å²) in [5.74, 6) is 0.735. The van der Waals surface area contributed by atoms with Gasteiger partial charge in [0.1, 0.15) is 0 Å². The molecule has 60 heavy (non-hydrogen) atoms. The van der Waals surface area contributed by atoms with Gasteiger partial charge in [-0.2, -0.15) is 17.7 Å². The van der Waals surface area contributed by atoms with Crippen LogP contribution in [0.2, 0.25) is 0 Å². The molecular formula is C52H49N7S. The molecule has 1 unspecified atom stereocenters. The van der Waals surface area contributed by atoms with E-state index in [2.05, 4.69) is 122 Å². The molecule has 9 rings (SSSR count). The van der Waals surface area contributed by atoms with E-state index in [0.29, 0.717) is 11.3 Å². The van der Waals surface area contributed by atoms with Gasteiger partial charge in [-0.3, -0.25) is 0 Å². The number of hydrogen-bond acceptors (Lipinski definition) is 8. The second-order valence-electron chi connectivity index (χ2n) is 16.0. The Bertz CT molecular complexity index is 2830. The third kappa shape index (κ3) is 8.56. The Balaban J connectivity index is 0.925. The third-order valence-electron chi connectivity index (χ3n) is 12.1. The number of nitrogens with one attached hydrogen (secondary N) is 1. The Hall–Kier alpha value is -6.25. The van der Waals surface area contributed by atoms with Crippen molar-refractivity contribution in [2.75, 3.05) is 5.32 Å². The molecule has 2 aliphatic carbocycles. The van der Waals surface area contributed by atoms with Crippen LogP contribution in [0.25, 0.3) is 37.9 Å². The largest absolute Gasteiger partial charge is 0.382 e. The number of benzene rings is 7. The minimum atomic E-state index is 0.372. The van der Waals surface area contributed by atoms with Crippen molar-refractivity contribution in [1.82, 2.24) is 0 Å². The fourth-order valence-corrected chi connectivity index (χ4v) is 8.80. The number of nitrogens with zero attached hydrogens (tertiary/aromatic N) is 6. The molecule has 0 aliphatic heterocycles. The first-order chi connectivity index (χ1) is 29.5. The summed E-state index contributed by atoms with van der Waals surface area (Å²) in [6, 6.07) is 45.4. The number of fused-ring (bicyclic) bond motifs is 3. The first kappa shape index (κ1) is 39.2. The van der Waals surface area contributed by atoms with Crippen LogP contribution in [0.15, 0.2) is 182 Å². The smallest absolute Gasteiger partial charge is 0.0936 e. The molecule has 0 amide bonds. The lowest BCUT2D eigenvalue weighted by molar-refractivity contribution is 0.404. The quantitative estimate of drug-likeness (QED) is 0.0990. The number of rotatable bonds is 11. The molecule has 7 aromatic carbocycles. The van der Waals surface area contributed by atoms with Crippen LogP contribution in [0.1, 0.15) is 64.4 Å². The normalized spacial score (nSPS) is 17.9. The van der Waals surface area contributed by atoms with E-state index in [1.54, 1.807) is 5.57 Å². The van der Waals surface area contributed by atoms with Gasteiger partial charge < -0.3 is 5.32 Å². The van der Waals surface area contributed by atoms with E-state index < -0.39 is 0 Å². The standard InChI is InChI=1S/C52H49N7S/c1-3-34(2)53-47-28-29-49(42-11-5-4-10-41(42)47)56-57-51-32-33-52(46-15-9-8-14-45(46)51)59-58-50-31-30-48(43-12-6-7-13-44(43)50)55-54-39-24-20-37(21-25-39)35-16-18-36(19-17-35)38-22-26-40(60)27-23-38/h4-16,18,20-21,24-25,28-34,38,40,53,60H,3,17,19,22-23,26-27H2,1-2H3. The number of anilines is 1. The molecule has 1 N–H and O–H groups in total. The topological polar surface area (TPSA) is 86.2 Å². The van der Waals surface area contributed by atoms with Crippen LogP contribution in [-0.4, -0.2) is 11.3 Å². The summed E-state index contributed by atoms with van der Waals surface area (Å²) in [4.78, 5) is 0. The van der Waals surface area contributed by atoms with Gasteiger partial charge in [0.15, 0.2) is 0 Å². The maximum atomic E-state index is 4.78. The fraction of sp³-hybridized carbons (Fsp3) is 0.231. The first-order valence-corrected chi connectivity index (χ1v) is 21.8. The average molecular weight is 804 g/mol. The highest BCUT2D eigenvalue weighted by atomic mass is 32.1. The molecule has 298 valence electrons. The van der Waals surface area contributed by atoms with Gasteiger partial charge in [-0.15, -0.1) is 25.6 Å². The molecule has 7 aromatic rings. The Morgan fingerprint density at radius 3 is 1.43 bits per heavy atom. The summed E-state index contributed by atoms with van der Waals surface area (Å²) in [7, 11) is 0. The lowest BCUT2D eigenvalue weighted by Crippen LogP contribution is -2.17. The summed E-state index contributed by atoms with van der Waals surface area (Å²) in [6.07, 6.45) is 13.0. The zero-order valence-corrected chi connectivity index (χ0v) is 35.1. The molecule has 0 saturated heterocycles. The number of thiol groups is 1. The molecular weight excluding hydrogens is 755 g/mol. The van der Waals surface area contributed by atoms with E-state index in [9.17, 15) is 0 Å². The summed E-state index contributed by atoms with van der Waals surface area (Å²) < 4.78 is 0. The maximum Gasteiger partial charge on any atom is 0.0936 e. The van der Waals surface area contributed by atoms with Crippen molar-refractivity contribution >= 4 is 90.3 Å². The summed E-state index contributed by atoms with van der Waals surface area (Å²) >= 11 is 4.69. The minimum absolute atomic E-state index is 0.372. The molecule has 0 radical (unpaired) electrons. The highest BCUT2D eigenvalue weighted by molar-refractivity contribution is 7.80. The number of hydrogen-bond donors (Lipinski definition) is 2. The highest BCUT2D eigenvalue weighted by Crippen LogP contribution is 2.41. The van der Waals surface area contributed by atoms with Gasteiger partial charge in [-0.25, -0.2) is 0 Å². The van der Waals surface area contributed by atoms with Gasteiger partial charge in [0.2, 0.25) is 0 Å². The van der Waals surface area contributed by atoms with Gasteiger partial charge in [0, 0.05) is 49.3 Å². The van der Waals surface area contributed by atoms with Gasteiger partial charge in [0.25, 0.3) is 0 Å². The molecule has 0 aromatic heterocycles. The van der Waals surface area contributed by atoms with Crippen molar-refractivity contribution in [2.45, 2.75) is 70.1 Å². The average Bonchev–Trinajstić information content (AvgIpc) is 3.30. The molecule has 8 heteroatoms.